The summed E-state index contributed by atoms with van der Waals surface area (Å²) < 4.78 is 0. The zero-order valence-electron chi connectivity index (χ0n) is 17.6. The lowest BCUT2D eigenvalue weighted by molar-refractivity contribution is -0.142. The minimum atomic E-state index is -1.14. The van der Waals surface area contributed by atoms with Crippen LogP contribution in [0.2, 0.25) is 0 Å². The Morgan fingerprint density at radius 2 is 1.77 bits per heavy atom. The fraction of sp³-hybridized carbons (Fsp3) is 0.391. The van der Waals surface area contributed by atoms with E-state index in [1.54, 1.807) is 36.5 Å². The summed E-state index contributed by atoms with van der Waals surface area (Å²) in [5, 5.41) is 14.7. The molecule has 2 atom stereocenters. The fourth-order valence-electron chi connectivity index (χ4n) is 3.04. The SMILES string of the molecule is CCCCc1ccc(C(=O)NC(CCS)C(=O)N[C@H](Cc2ccccc2)C(=O)O)nc1. The average Bonchev–Trinajstić information content (AvgIpc) is 2.77. The predicted molar refractivity (Wildman–Crippen MR) is 122 cm³/mol. The number of carboxylic acid groups (broad SMARTS) is 1. The molecule has 166 valence electrons. The summed E-state index contributed by atoms with van der Waals surface area (Å²) in [6.07, 6.45) is 5.08. The number of pyridine rings is 1. The van der Waals surface area contributed by atoms with E-state index in [2.05, 4.69) is 35.2 Å². The van der Waals surface area contributed by atoms with E-state index in [9.17, 15) is 19.5 Å². The molecule has 0 spiro atoms. The fourth-order valence-corrected chi connectivity index (χ4v) is 3.30. The van der Waals surface area contributed by atoms with Crippen molar-refractivity contribution in [1.29, 1.82) is 0 Å². The lowest BCUT2D eigenvalue weighted by Crippen LogP contribution is -2.52. The Labute approximate surface area is 188 Å². The first-order chi connectivity index (χ1) is 14.9. The Morgan fingerprint density at radius 3 is 2.35 bits per heavy atom. The summed E-state index contributed by atoms with van der Waals surface area (Å²) in [6, 6.07) is 10.5. The van der Waals surface area contributed by atoms with E-state index in [0.717, 1.165) is 30.4 Å². The summed E-state index contributed by atoms with van der Waals surface area (Å²) in [5.41, 5.74) is 2.04. The molecular formula is C23H29N3O4S. The van der Waals surface area contributed by atoms with Crippen LogP contribution in [-0.2, 0) is 22.4 Å². The number of carbonyl (C=O) groups excluding carboxylic acids is 2. The van der Waals surface area contributed by atoms with Gasteiger partial charge in [-0.15, -0.1) is 0 Å². The number of amides is 2. The number of nitrogens with zero attached hydrogens (tertiary/aromatic N) is 1. The van der Waals surface area contributed by atoms with Crippen LogP contribution < -0.4 is 10.6 Å². The maximum Gasteiger partial charge on any atom is 0.326 e. The maximum atomic E-state index is 12.7. The highest BCUT2D eigenvalue weighted by molar-refractivity contribution is 7.80. The molecule has 2 aromatic rings. The van der Waals surface area contributed by atoms with E-state index in [1.807, 2.05) is 12.1 Å². The van der Waals surface area contributed by atoms with Crippen LogP contribution in [0.5, 0.6) is 0 Å². The summed E-state index contributed by atoms with van der Waals surface area (Å²) in [7, 11) is 0. The number of unbranched alkanes of at least 4 members (excludes halogenated alkanes) is 1. The third-order valence-electron chi connectivity index (χ3n) is 4.81. The van der Waals surface area contributed by atoms with Gasteiger partial charge in [0.1, 0.15) is 17.8 Å². The number of nitrogens with one attached hydrogen (secondary N) is 2. The first-order valence-electron chi connectivity index (χ1n) is 10.4. The van der Waals surface area contributed by atoms with Crippen molar-refractivity contribution >= 4 is 30.4 Å². The third kappa shape index (κ3) is 8.05. The topological polar surface area (TPSA) is 108 Å². The number of hydrogen-bond acceptors (Lipinski definition) is 5. The first-order valence-corrected chi connectivity index (χ1v) is 11.0. The van der Waals surface area contributed by atoms with E-state index in [4.69, 9.17) is 0 Å². The van der Waals surface area contributed by atoms with E-state index in [-0.39, 0.29) is 18.5 Å². The molecule has 31 heavy (non-hydrogen) atoms. The molecule has 3 N–H and O–H groups in total. The number of aliphatic carboxylic acids is 1. The second kappa shape index (κ2) is 12.7. The third-order valence-corrected chi connectivity index (χ3v) is 5.07. The molecular weight excluding hydrogens is 414 g/mol. The van der Waals surface area contributed by atoms with Gasteiger partial charge in [0.05, 0.1) is 0 Å². The lowest BCUT2D eigenvalue weighted by atomic mass is 10.1. The highest BCUT2D eigenvalue weighted by atomic mass is 32.1. The van der Waals surface area contributed by atoms with Gasteiger partial charge in [-0.25, -0.2) is 4.79 Å². The van der Waals surface area contributed by atoms with Crippen LogP contribution in [0.25, 0.3) is 0 Å². The maximum absolute atomic E-state index is 12.7. The molecule has 0 aliphatic carbocycles. The number of hydrogen-bond donors (Lipinski definition) is 4. The largest absolute Gasteiger partial charge is 0.480 e. The molecule has 2 rings (SSSR count). The Hall–Kier alpha value is -2.87. The number of carbonyl (C=O) groups is 3. The van der Waals surface area contributed by atoms with Crippen LogP contribution in [0.4, 0.5) is 0 Å². The number of aromatic nitrogens is 1. The van der Waals surface area contributed by atoms with Gasteiger partial charge in [-0.2, -0.15) is 12.6 Å². The van der Waals surface area contributed by atoms with Crippen LogP contribution in [0.15, 0.2) is 48.7 Å². The summed E-state index contributed by atoms with van der Waals surface area (Å²) >= 11 is 4.16. The minimum Gasteiger partial charge on any atom is -0.480 e. The molecule has 0 aliphatic heterocycles. The van der Waals surface area contributed by atoms with Gasteiger partial charge in [-0.05, 0) is 42.2 Å². The number of aryl methyl sites for hydroxylation is 1. The number of carboxylic acids is 1. The van der Waals surface area contributed by atoms with Crippen molar-refractivity contribution in [2.24, 2.45) is 0 Å². The summed E-state index contributed by atoms with van der Waals surface area (Å²) in [5.74, 6) is -1.85. The smallest absolute Gasteiger partial charge is 0.326 e. The second-order valence-corrected chi connectivity index (χ2v) is 7.73. The average molecular weight is 444 g/mol. The predicted octanol–water partition coefficient (Wildman–Crippen LogP) is 2.65. The molecule has 0 radical (unpaired) electrons. The van der Waals surface area contributed by atoms with E-state index >= 15 is 0 Å². The van der Waals surface area contributed by atoms with Gasteiger partial charge in [0.15, 0.2) is 0 Å². The van der Waals surface area contributed by atoms with Crippen molar-refractivity contribution in [3.8, 4) is 0 Å². The van der Waals surface area contributed by atoms with Crippen LogP contribution in [0.3, 0.4) is 0 Å². The van der Waals surface area contributed by atoms with Crippen LogP contribution in [0, 0.1) is 0 Å². The van der Waals surface area contributed by atoms with Crippen molar-refractivity contribution in [1.82, 2.24) is 15.6 Å². The monoisotopic (exact) mass is 443 g/mol. The van der Waals surface area contributed by atoms with Crippen molar-refractivity contribution in [3.63, 3.8) is 0 Å². The van der Waals surface area contributed by atoms with Gasteiger partial charge in [-0.1, -0.05) is 49.7 Å². The van der Waals surface area contributed by atoms with Gasteiger partial charge < -0.3 is 15.7 Å². The summed E-state index contributed by atoms with van der Waals surface area (Å²) in [6.45, 7) is 2.11. The second-order valence-electron chi connectivity index (χ2n) is 7.28. The Bertz CT molecular complexity index is 859. The lowest BCUT2D eigenvalue weighted by Gasteiger charge is -2.21. The minimum absolute atomic E-state index is 0.143. The van der Waals surface area contributed by atoms with Gasteiger partial charge >= 0.3 is 5.97 Å². The van der Waals surface area contributed by atoms with E-state index in [1.165, 1.54) is 0 Å². The molecule has 7 nitrogen and oxygen atoms in total. The zero-order chi connectivity index (χ0) is 22.6. The van der Waals surface area contributed by atoms with Crippen LogP contribution in [0.1, 0.15) is 47.8 Å². The molecule has 8 heteroatoms. The molecule has 1 aromatic heterocycles. The van der Waals surface area contributed by atoms with E-state index in [0.29, 0.717) is 5.75 Å². The van der Waals surface area contributed by atoms with Gasteiger partial charge in [-0.3, -0.25) is 14.6 Å². The molecule has 0 fully saturated rings. The Morgan fingerprint density at radius 1 is 1.03 bits per heavy atom. The van der Waals surface area contributed by atoms with Crippen molar-refractivity contribution in [3.05, 3.63) is 65.5 Å². The number of benzene rings is 1. The molecule has 1 heterocycles. The quantitative estimate of drug-likeness (QED) is 0.377. The van der Waals surface area contributed by atoms with Crippen molar-refractivity contribution in [2.75, 3.05) is 5.75 Å². The number of thiol groups is 1. The first kappa shape index (κ1) is 24.4. The van der Waals surface area contributed by atoms with Crippen molar-refractivity contribution < 1.29 is 19.5 Å². The van der Waals surface area contributed by atoms with Crippen molar-refractivity contribution in [2.45, 2.75) is 51.1 Å². The molecule has 1 unspecified atom stereocenters. The van der Waals surface area contributed by atoms with Gasteiger partial charge in [0.2, 0.25) is 5.91 Å². The summed E-state index contributed by atoms with van der Waals surface area (Å²) in [4.78, 5) is 41.1. The molecule has 0 bridgehead atoms. The van der Waals surface area contributed by atoms with Gasteiger partial charge in [0, 0.05) is 12.6 Å². The molecule has 0 saturated heterocycles. The number of rotatable bonds is 12. The molecule has 0 saturated carbocycles. The molecule has 1 aromatic carbocycles. The van der Waals surface area contributed by atoms with Gasteiger partial charge in [0.25, 0.3) is 5.91 Å². The van der Waals surface area contributed by atoms with E-state index < -0.39 is 29.9 Å². The van der Waals surface area contributed by atoms with Crippen LogP contribution >= 0.6 is 12.6 Å². The standard InChI is InChI=1S/C23H29N3O4S/c1-2-3-7-17-10-11-18(24-15-17)21(27)25-19(12-13-31)22(28)26-20(23(29)30)14-16-8-5-4-6-9-16/h4-6,8-11,15,19-20,31H,2-3,7,12-14H2,1H3,(H,25,27)(H,26,28)(H,29,30)/t19?,20-/m1/s1. The zero-order valence-corrected chi connectivity index (χ0v) is 18.5. The Balaban J connectivity index is 2.02. The molecule has 0 aliphatic rings. The highest BCUT2D eigenvalue weighted by Gasteiger charge is 2.27. The Kier molecular flexibility index (Phi) is 10.0. The molecule has 2 amide bonds. The normalized spacial score (nSPS) is 12.6. The highest BCUT2D eigenvalue weighted by Crippen LogP contribution is 2.07. The van der Waals surface area contributed by atoms with Crippen LogP contribution in [-0.4, -0.2) is 45.7 Å².